The molecule has 33 heavy (non-hydrogen) atoms. The van der Waals surface area contributed by atoms with Gasteiger partial charge in [-0.3, -0.25) is 9.59 Å². The Morgan fingerprint density at radius 2 is 1.64 bits per heavy atom. The summed E-state index contributed by atoms with van der Waals surface area (Å²) in [7, 11) is 1.64. The van der Waals surface area contributed by atoms with Crippen molar-refractivity contribution in [1.29, 1.82) is 0 Å². The summed E-state index contributed by atoms with van der Waals surface area (Å²) in [4.78, 5) is 28.0. The molecule has 0 unspecified atom stereocenters. The van der Waals surface area contributed by atoms with Gasteiger partial charge in [0.1, 0.15) is 5.75 Å². The summed E-state index contributed by atoms with van der Waals surface area (Å²) in [5.41, 5.74) is 3.84. The molecule has 6 nitrogen and oxygen atoms in total. The van der Waals surface area contributed by atoms with Crippen LogP contribution in [0.3, 0.4) is 0 Å². The van der Waals surface area contributed by atoms with Crippen molar-refractivity contribution in [3.05, 3.63) is 102 Å². The van der Waals surface area contributed by atoms with Crippen LogP contribution in [-0.4, -0.2) is 37.0 Å². The summed E-state index contributed by atoms with van der Waals surface area (Å²) in [5, 5.41) is 6.96. The molecule has 1 aromatic heterocycles. The average molecular weight is 442 g/mol. The number of para-hydroxylation sites is 1. The zero-order valence-corrected chi connectivity index (χ0v) is 18.5. The molecule has 1 atom stereocenters. The Kier molecular flexibility index (Phi) is 7.05. The van der Waals surface area contributed by atoms with Crippen LogP contribution in [0.2, 0.25) is 0 Å². The summed E-state index contributed by atoms with van der Waals surface area (Å²) >= 11 is 0. The molecule has 4 rings (SSSR count). The topological polar surface area (TPSA) is 83.2 Å². The summed E-state index contributed by atoms with van der Waals surface area (Å²) < 4.78 is 5.29. The Morgan fingerprint density at radius 1 is 0.909 bits per heavy atom. The number of H-pyrrole nitrogens is 1. The summed E-state index contributed by atoms with van der Waals surface area (Å²) in [5.74, 6) is 0.463. The monoisotopic (exact) mass is 441 g/mol. The number of carbonyl (C=O) groups is 2. The second kappa shape index (κ2) is 10.5. The smallest absolute Gasteiger partial charge is 0.251 e. The summed E-state index contributed by atoms with van der Waals surface area (Å²) in [6.45, 7) is 0.722. The normalized spacial score (nSPS) is 11.7. The molecule has 4 aromatic rings. The van der Waals surface area contributed by atoms with Crippen LogP contribution in [0.15, 0.2) is 85.1 Å². The molecule has 2 amide bonds. The molecule has 0 aliphatic rings. The minimum absolute atomic E-state index is 0.0325. The van der Waals surface area contributed by atoms with Gasteiger partial charge in [-0.05, 0) is 41.5 Å². The quantitative estimate of drug-likeness (QED) is 0.363. The van der Waals surface area contributed by atoms with Gasteiger partial charge < -0.3 is 20.4 Å². The highest BCUT2D eigenvalue weighted by Crippen LogP contribution is 2.31. The van der Waals surface area contributed by atoms with Gasteiger partial charge in [0.15, 0.2) is 0 Å². The SMILES string of the molecule is COc1ccc([C@H](CNC(=O)CCNC(=O)c2ccccc2)c2c[nH]c3ccccc23)cc1. The number of carbonyl (C=O) groups excluding carboxylic acids is 2. The first-order valence-electron chi connectivity index (χ1n) is 11.0. The third-order valence-corrected chi connectivity index (χ3v) is 5.69. The number of hydrogen-bond donors (Lipinski definition) is 3. The van der Waals surface area contributed by atoms with Crippen LogP contribution in [0.25, 0.3) is 10.9 Å². The van der Waals surface area contributed by atoms with E-state index in [-0.39, 0.29) is 30.7 Å². The molecule has 3 N–H and O–H groups in total. The fourth-order valence-corrected chi connectivity index (χ4v) is 3.91. The number of benzene rings is 3. The largest absolute Gasteiger partial charge is 0.497 e. The predicted octanol–water partition coefficient (Wildman–Crippen LogP) is 4.24. The molecule has 168 valence electrons. The van der Waals surface area contributed by atoms with Gasteiger partial charge in [0.05, 0.1) is 7.11 Å². The second-order valence-corrected chi connectivity index (χ2v) is 7.79. The number of ether oxygens (including phenoxy) is 1. The number of fused-ring (bicyclic) bond motifs is 1. The molecule has 0 fully saturated rings. The van der Waals surface area contributed by atoms with Crippen LogP contribution in [0.1, 0.15) is 33.8 Å². The lowest BCUT2D eigenvalue weighted by molar-refractivity contribution is -0.120. The van der Waals surface area contributed by atoms with Gasteiger partial charge in [0, 0.05) is 48.1 Å². The minimum atomic E-state index is -0.182. The van der Waals surface area contributed by atoms with Crippen LogP contribution in [0, 0.1) is 0 Å². The average Bonchev–Trinajstić information content (AvgIpc) is 3.29. The lowest BCUT2D eigenvalue weighted by Crippen LogP contribution is -2.33. The lowest BCUT2D eigenvalue weighted by Gasteiger charge is -2.19. The zero-order chi connectivity index (χ0) is 23.0. The highest BCUT2D eigenvalue weighted by atomic mass is 16.5. The van der Waals surface area contributed by atoms with Crippen molar-refractivity contribution in [1.82, 2.24) is 15.6 Å². The van der Waals surface area contributed by atoms with Crippen LogP contribution in [0.5, 0.6) is 5.75 Å². The molecule has 0 radical (unpaired) electrons. The Hall–Kier alpha value is -4.06. The molecule has 6 heteroatoms. The molecule has 0 saturated heterocycles. The van der Waals surface area contributed by atoms with Crippen LogP contribution >= 0.6 is 0 Å². The third kappa shape index (κ3) is 5.41. The van der Waals surface area contributed by atoms with Crippen LogP contribution < -0.4 is 15.4 Å². The van der Waals surface area contributed by atoms with E-state index in [0.717, 1.165) is 27.8 Å². The molecule has 3 aromatic carbocycles. The third-order valence-electron chi connectivity index (χ3n) is 5.69. The highest BCUT2D eigenvalue weighted by Gasteiger charge is 2.19. The van der Waals surface area contributed by atoms with E-state index in [1.807, 2.05) is 66.9 Å². The van der Waals surface area contributed by atoms with Gasteiger partial charge in [0.2, 0.25) is 5.91 Å². The van der Waals surface area contributed by atoms with E-state index in [0.29, 0.717) is 12.1 Å². The van der Waals surface area contributed by atoms with Gasteiger partial charge in [-0.25, -0.2) is 0 Å². The first kappa shape index (κ1) is 22.1. The summed E-state index contributed by atoms with van der Waals surface area (Å²) in [6, 6.07) is 25.0. The standard InChI is InChI=1S/C27H27N3O3/c1-33-21-13-11-19(12-14-21)23(24-18-29-25-10-6-5-9-22(24)25)17-30-26(31)15-16-28-27(32)20-7-3-2-4-8-20/h2-14,18,23,29H,15-17H2,1H3,(H,28,32)(H,30,31)/t23-/m0/s1. The van der Waals surface area contributed by atoms with Crippen molar-refractivity contribution >= 4 is 22.7 Å². The number of nitrogens with one attached hydrogen (secondary N) is 3. The summed E-state index contributed by atoms with van der Waals surface area (Å²) in [6.07, 6.45) is 2.22. The van der Waals surface area contributed by atoms with E-state index < -0.39 is 0 Å². The number of amides is 2. The number of hydrogen-bond acceptors (Lipinski definition) is 3. The maximum atomic E-state index is 12.5. The fourth-order valence-electron chi connectivity index (χ4n) is 3.91. The van der Waals surface area contributed by atoms with Crippen molar-refractivity contribution in [2.45, 2.75) is 12.3 Å². The Bertz CT molecular complexity index is 1220. The lowest BCUT2D eigenvalue weighted by atomic mass is 9.90. The van der Waals surface area contributed by atoms with E-state index in [4.69, 9.17) is 4.74 Å². The number of aromatic nitrogens is 1. The number of rotatable bonds is 9. The number of aromatic amines is 1. The predicted molar refractivity (Wildman–Crippen MR) is 130 cm³/mol. The van der Waals surface area contributed by atoms with Gasteiger partial charge in [0.25, 0.3) is 5.91 Å². The van der Waals surface area contributed by atoms with E-state index in [2.05, 4.69) is 21.7 Å². The number of methoxy groups -OCH3 is 1. The fraction of sp³-hybridized carbons (Fsp3) is 0.185. The molecular weight excluding hydrogens is 414 g/mol. The van der Waals surface area contributed by atoms with Crippen molar-refractivity contribution in [2.75, 3.05) is 20.2 Å². The maximum Gasteiger partial charge on any atom is 0.251 e. The van der Waals surface area contributed by atoms with E-state index >= 15 is 0 Å². The zero-order valence-electron chi connectivity index (χ0n) is 18.5. The van der Waals surface area contributed by atoms with Crippen LogP contribution in [0.4, 0.5) is 0 Å². The minimum Gasteiger partial charge on any atom is -0.497 e. The van der Waals surface area contributed by atoms with Gasteiger partial charge in [-0.1, -0.05) is 48.5 Å². The van der Waals surface area contributed by atoms with E-state index in [9.17, 15) is 9.59 Å². The van der Waals surface area contributed by atoms with Crippen molar-refractivity contribution < 1.29 is 14.3 Å². The first-order chi connectivity index (χ1) is 16.2. The Balaban J connectivity index is 1.42. The van der Waals surface area contributed by atoms with Crippen molar-refractivity contribution in [3.63, 3.8) is 0 Å². The van der Waals surface area contributed by atoms with Crippen molar-refractivity contribution in [2.24, 2.45) is 0 Å². The molecule has 0 aliphatic heterocycles. The Labute approximate surface area is 193 Å². The molecule has 1 heterocycles. The molecule has 0 spiro atoms. The molecule has 0 bridgehead atoms. The molecular formula is C27H27N3O3. The van der Waals surface area contributed by atoms with Gasteiger partial charge in [-0.2, -0.15) is 0 Å². The first-order valence-corrected chi connectivity index (χ1v) is 11.0. The van der Waals surface area contributed by atoms with Gasteiger partial charge in [-0.15, -0.1) is 0 Å². The Morgan fingerprint density at radius 3 is 2.39 bits per heavy atom. The van der Waals surface area contributed by atoms with Crippen LogP contribution in [-0.2, 0) is 4.79 Å². The van der Waals surface area contributed by atoms with E-state index in [1.165, 1.54) is 0 Å². The molecule has 0 aliphatic carbocycles. The highest BCUT2D eigenvalue weighted by molar-refractivity contribution is 5.94. The molecule has 0 saturated carbocycles. The second-order valence-electron chi connectivity index (χ2n) is 7.79. The maximum absolute atomic E-state index is 12.5. The van der Waals surface area contributed by atoms with Gasteiger partial charge >= 0.3 is 0 Å². The van der Waals surface area contributed by atoms with E-state index in [1.54, 1.807) is 19.2 Å². The van der Waals surface area contributed by atoms with Crippen molar-refractivity contribution in [3.8, 4) is 5.75 Å².